The Kier molecular flexibility index (Phi) is 5.26. The summed E-state index contributed by atoms with van der Waals surface area (Å²) in [5.41, 5.74) is 3.09. The minimum atomic E-state index is -0.618. The summed E-state index contributed by atoms with van der Waals surface area (Å²) in [4.78, 5) is 40.4. The lowest BCUT2D eigenvalue weighted by Gasteiger charge is -2.34. The monoisotopic (exact) mass is 438 g/mol. The molecule has 1 aromatic carbocycles. The summed E-state index contributed by atoms with van der Waals surface area (Å²) in [7, 11) is 0. The summed E-state index contributed by atoms with van der Waals surface area (Å²) in [5.74, 6) is -0.883. The molecule has 0 spiro atoms. The molecule has 3 aliphatic heterocycles. The van der Waals surface area contributed by atoms with Gasteiger partial charge in [-0.05, 0) is 44.0 Å². The molecule has 3 atom stereocenters. The third-order valence-electron chi connectivity index (χ3n) is 6.19. The fourth-order valence-electron chi connectivity index (χ4n) is 4.84. The van der Waals surface area contributed by atoms with Crippen LogP contribution < -0.4 is 5.32 Å². The number of amides is 3. The van der Waals surface area contributed by atoms with Gasteiger partial charge in [0.15, 0.2) is 0 Å². The third kappa shape index (κ3) is 3.91. The SMILES string of the molecule is C[C@@H]1CN(Cc2cn(-c3ccc4c(c3)CN(C3CCC(=O)NC3=O)C4=O)nn2)C[C@H](C)O1. The molecule has 1 unspecified atom stereocenters. The standard InChI is InChI=1S/C22H26N6O4/c1-13-8-26(9-14(2)32-13)11-16-12-28(25-24-16)17-3-4-18-15(7-17)10-27(22(18)31)19-5-6-20(29)23-21(19)30/h3-4,7,12-14,19H,5-6,8-11H2,1-2H3,(H,23,29,30)/t13-,14+,19?. The van der Waals surface area contributed by atoms with Gasteiger partial charge in [-0.15, -0.1) is 5.10 Å². The maximum atomic E-state index is 12.9. The van der Waals surface area contributed by atoms with Gasteiger partial charge < -0.3 is 9.64 Å². The van der Waals surface area contributed by atoms with Crippen LogP contribution in [-0.4, -0.2) is 73.9 Å². The van der Waals surface area contributed by atoms with Gasteiger partial charge in [0.2, 0.25) is 11.8 Å². The highest BCUT2D eigenvalue weighted by Crippen LogP contribution is 2.29. The van der Waals surface area contributed by atoms with Crippen molar-refractivity contribution in [3.05, 3.63) is 41.2 Å². The van der Waals surface area contributed by atoms with Gasteiger partial charge in [0.25, 0.3) is 5.91 Å². The Labute approximate surface area is 185 Å². The van der Waals surface area contributed by atoms with Gasteiger partial charge in [-0.25, -0.2) is 4.68 Å². The first-order valence-electron chi connectivity index (χ1n) is 10.9. The minimum Gasteiger partial charge on any atom is -0.373 e. The molecule has 0 bridgehead atoms. The lowest BCUT2D eigenvalue weighted by atomic mass is 10.0. The number of carbonyl (C=O) groups excluding carboxylic acids is 3. The number of aromatic nitrogens is 3. The van der Waals surface area contributed by atoms with E-state index >= 15 is 0 Å². The van der Waals surface area contributed by atoms with Gasteiger partial charge in [0.1, 0.15) is 6.04 Å². The number of imide groups is 1. The van der Waals surface area contributed by atoms with Crippen molar-refractivity contribution in [3.63, 3.8) is 0 Å². The molecule has 2 saturated heterocycles. The molecule has 4 heterocycles. The molecule has 3 amide bonds. The Morgan fingerprint density at radius 1 is 1.16 bits per heavy atom. The normalized spacial score (nSPS) is 26.4. The molecule has 10 nitrogen and oxygen atoms in total. The van der Waals surface area contributed by atoms with E-state index in [0.29, 0.717) is 25.1 Å². The second-order valence-electron chi connectivity index (χ2n) is 8.85. The summed E-state index contributed by atoms with van der Waals surface area (Å²) in [5, 5.41) is 10.9. The molecule has 3 aliphatic rings. The van der Waals surface area contributed by atoms with E-state index in [9.17, 15) is 14.4 Å². The second-order valence-corrected chi connectivity index (χ2v) is 8.85. The van der Waals surface area contributed by atoms with Crippen LogP contribution in [0, 0.1) is 0 Å². The molecule has 2 fully saturated rings. The van der Waals surface area contributed by atoms with Gasteiger partial charge in [0.05, 0.1) is 29.8 Å². The topological polar surface area (TPSA) is 110 Å². The van der Waals surface area contributed by atoms with Crippen molar-refractivity contribution in [2.45, 2.75) is 58.0 Å². The predicted molar refractivity (Wildman–Crippen MR) is 113 cm³/mol. The van der Waals surface area contributed by atoms with Crippen LogP contribution in [0.3, 0.4) is 0 Å². The van der Waals surface area contributed by atoms with Crippen LogP contribution in [0.4, 0.5) is 0 Å². The quantitative estimate of drug-likeness (QED) is 0.698. The van der Waals surface area contributed by atoms with Crippen LogP contribution in [-0.2, 0) is 27.4 Å². The Balaban J connectivity index is 1.30. The summed E-state index contributed by atoms with van der Waals surface area (Å²) < 4.78 is 7.50. The zero-order valence-electron chi connectivity index (χ0n) is 18.2. The molecule has 0 aliphatic carbocycles. The highest BCUT2D eigenvalue weighted by atomic mass is 16.5. The molecule has 0 radical (unpaired) electrons. The number of nitrogens with one attached hydrogen (secondary N) is 1. The molecule has 32 heavy (non-hydrogen) atoms. The van der Waals surface area contributed by atoms with E-state index in [1.807, 2.05) is 18.3 Å². The van der Waals surface area contributed by atoms with Gasteiger partial charge >= 0.3 is 0 Å². The molecule has 5 rings (SSSR count). The van der Waals surface area contributed by atoms with Crippen molar-refractivity contribution in [1.82, 2.24) is 30.1 Å². The molecule has 1 N–H and O–H groups in total. The first-order valence-corrected chi connectivity index (χ1v) is 10.9. The second kappa shape index (κ2) is 8.10. The van der Waals surface area contributed by atoms with Gasteiger partial charge in [0, 0.05) is 38.2 Å². The molecule has 0 saturated carbocycles. The average molecular weight is 438 g/mol. The van der Waals surface area contributed by atoms with Gasteiger partial charge in [-0.3, -0.25) is 24.6 Å². The Morgan fingerprint density at radius 3 is 2.69 bits per heavy atom. The highest BCUT2D eigenvalue weighted by molar-refractivity contribution is 6.05. The Bertz CT molecular complexity index is 1070. The molecule has 10 heteroatoms. The van der Waals surface area contributed by atoms with E-state index in [0.717, 1.165) is 30.0 Å². The smallest absolute Gasteiger partial charge is 0.255 e. The van der Waals surface area contributed by atoms with E-state index in [1.165, 1.54) is 0 Å². The molecular formula is C22H26N6O4. The van der Waals surface area contributed by atoms with E-state index in [4.69, 9.17) is 4.74 Å². The number of rotatable bonds is 4. The van der Waals surface area contributed by atoms with Crippen molar-refractivity contribution in [2.24, 2.45) is 0 Å². The van der Waals surface area contributed by atoms with Crippen LogP contribution in [0.15, 0.2) is 24.4 Å². The number of morpholine rings is 1. The highest BCUT2D eigenvalue weighted by Gasteiger charge is 2.39. The number of ether oxygens (including phenoxy) is 1. The average Bonchev–Trinajstić information content (AvgIpc) is 3.32. The number of hydrogen-bond donors (Lipinski definition) is 1. The van der Waals surface area contributed by atoms with Gasteiger partial charge in [-0.2, -0.15) is 0 Å². The van der Waals surface area contributed by atoms with Crippen LogP contribution in [0.1, 0.15) is 48.3 Å². The summed E-state index contributed by atoms with van der Waals surface area (Å²) in [6, 6.07) is 4.90. The lowest BCUT2D eigenvalue weighted by molar-refractivity contribution is -0.136. The number of piperidine rings is 1. The van der Waals surface area contributed by atoms with Crippen molar-refractivity contribution < 1.29 is 19.1 Å². The first kappa shape index (κ1) is 20.8. The molecular weight excluding hydrogens is 412 g/mol. The lowest BCUT2D eigenvalue weighted by Crippen LogP contribution is -2.52. The Morgan fingerprint density at radius 2 is 1.94 bits per heavy atom. The number of nitrogens with zero attached hydrogens (tertiary/aromatic N) is 5. The van der Waals surface area contributed by atoms with Crippen LogP contribution in [0.2, 0.25) is 0 Å². The zero-order chi connectivity index (χ0) is 22.4. The van der Waals surface area contributed by atoms with Crippen molar-refractivity contribution in [3.8, 4) is 5.69 Å². The third-order valence-corrected chi connectivity index (χ3v) is 6.19. The largest absolute Gasteiger partial charge is 0.373 e. The van der Waals surface area contributed by atoms with Crippen LogP contribution in [0.25, 0.3) is 5.69 Å². The zero-order valence-corrected chi connectivity index (χ0v) is 18.2. The van der Waals surface area contributed by atoms with Crippen molar-refractivity contribution in [1.29, 1.82) is 0 Å². The fourth-order valence-corrected chi connectivity index (χ4v) is 4.84. The number of hydrogen-bond acceptors (Lipinski definition) is 7. The molecule has 2 aromatic rings. The minimum absolute atomic E-state index is 0.184. The number of fused-ring (bicyclic) bond motifs is 1. The van der Waals surface area contributed by atoms with Crippen LogP contribution >= 0.6 is 0 Å². The number of carbonyl (C=O) groups is 3. The summed E-state index contributed by atoms with van der Waals surface area (Å²) >= 11 is 0. The van der Waals surface area contributed by atoms with Crippen molar-refractivity contribution in [2.75, 3.05) is 13.1 Å². The summed E-state index contributed by atoms with van der Waals surface area (Å²) in [6.07, 6.45) is 2.87. The molecule has 1 aromatic heterocycles. The maximum Gasteiger partial charge on any atom is 0.255 e. The Hall–Kier alpha value is -3.11. The van der Waals surface area contributed by atoms with E-state index in [1.54, 1.807) is 15.6 Å². The van der Waals surface area contributed by atoms with Crippen LogP contribution in [0.5, 0.6) is 0 Å². The van der Waals surface area contributed by atoms with E-state index in [2.05, 4.69) is 34.4 Å². The fraction of sp³-hybridized carbons (Fsp3) is 0.500. The predicted octanol–water partition coefficient (Wildman–Crippen LogP) is 0.638. The first-order chi connectivity index (χ1) is 15.4. The van der Waals surface area contributed by atoms with Crippen molar-refractivity contribution >= 4 is 17.7 Å². The molecule has 168 valence electrons. The summed E-state index contributed by atoms with van der Waals surface area (Å²) in [6.45, 7) is 6.89. The number of benzene rings is 1. The van der Waals surface area contributed by atoms with E-state index < -0.39 is 11.9 Å². The maximum absolute atomic E-state index is 12.9. The van der Waals surface area contributed by atoms with E-state index in [-0.39, 0.29) is 30.4 Å². The van der Waals surface area contributed by atoms with Gasteiger partial charge in [-0.1, -0.05) is 5.21 Å².